The first-order chi connectivity index (χ1) is 9.53. The second-order valence-electron chi connectivity index (χ2n) is 4.39. The predicted molar refractivity (Wildman–Crippen MR) is 83.6 cm³/mol. The number of alkyl halides is 3. The van der Waals surface area contributed by atoms with Crippen LogP contribution in [0.1, 0.15) is 5.56 Å². The first-order valence-corrected chi connectivity index (χ1v) is 9.30. The van der Waals surface area contributed by atoms with Gasteiger partial charge >= 0.3 is 5.51 Å². The summed E-state index contributed by atoms with van der Waals surface area (Å²) in [7, 11) is 0. The van der Waals surface area contributed by atoms with E-state index >= 15 is 0 Å². The zero-order valence-electron chi connectivity index (χ0n) is 10.8. The molecule has 1 aliphatic rings. The average Bonchev–Trinajstić information content (AvgIpc) is 2.40. The Morgan fingerprint density at radius 1 is 1.20 bits per heavy atom. The largest absolute Gasteiger partial charge is 0.446 e. The fourth-order valence-electron chi connectivity index (χ4n) is 1.84. The van der Waals surface area contributed by atoms with Crippen LogP contribution in [0.25, 0.3) is 0 Å². The molecule has 1 nitrogen and oxygen atoms in total. The smallest absolute Gasteiger partial charge is 0.312 e. The van der Waals surface area contributed by atoms with E-state index < -0.39 is 5.51 Å². The number of benzene rings is 1. The van der Waals surface area contributed by atoms with Crippen molar-refractivity contribution in [1.29, 1.82) is 0 Å². The molecule has 0 radical (unpaired) electrons. The van der Waals surface area contributed by atoms with Crippen LogP contribution in [-0.2, 0) is 6.54 Å². The molecule has 1 N–H and O–H groups in total. The Kier molecular flexibility index (Phi) is 6.45. The van der Waals surface area contributed by atoms with E-state index in [9.17, 15) is 13.2 Å². The molecule has 0 aromatic heterocycles. The first kappa shape index (κ1) is 16.4. The molecule has 1 saturated heterocycles. The third kappa shape index (κ3) is 6.20. The lowest BCUT2D eigenvalue weighted by Crippen LogP contribution is -2.28. The molecule has 1 unspecified atom stereocenters. The average molecular weight is 339 g/mol. The molecule has 1 atom stereocenters. The van der Waals surface area contributed by atoms with Gasteiger partial charge in [-0.25, -0.2) is 0 Å². The Labute approximate surface area is 129 Å². The molecule has 20 heavy (non-hydrogen) atoms. The van der Waals surface area contributed by atoms with Gasteiger partial charge in [0.25, 0.3) is 0 Å². The maximum Gasteiger partial charge on any atom is 0.446 e. The summed E-state index contributed by atoms with van der Waals surface area (Å²) in [5, 5.41) is 4.02. The minimum Gasteiger partial charge on any atom is -0.312 e. The molecule has 0 spiro atoms. The molecule has 1 aromatic rings. The summed E-state index contributed by atoms with van der Waals surface area (Å²) in [6.07, 6.45) is 0. The van der Waals surface area contributed by atoms with Crippen molar-refractivity contribution in [2.75, 3.05) is 23.8 Å². The second kappa shape index (κ2) is 7.87. The summed E-state index contributed by atoms with van der Waals surface area (Å²) in [6, 6.07) is 6.56. The number of nitrogens with one attached hydrogen (secondary N) is 1. The molecule has 0 amide bonds. The number of hydrogen-bond acceptors (Lipinski definition) is 4. The third-order valence-corrected chi connectivity index (χ3v) is 6.33. The highest BCUT2D eigenvalue weighted by Gasteiger charge is 2.28. The molecule has 2 rings (SSSR count). The van der Waals surface area contributed by atoms with Crippen LogP contribution in [0.5, 0.6) is 0 Å². The van der Waals surface area contributed by atoms with E-state index in [-0.39, 0.29) is 16.7 Å². The van der Waals surface area contributed by atoms with Gasteiger partial charge in [0.15, 0.2) is 0 Å². The lowest BCUT2D eigenvalue weighted by atomic mass is 10.2. The lowest BCUT2D eigenvalue weighted by Gasteiger charge is -2.21. The van der Waals surface area contributed by atoms with Gasteiger partial charge in [-0.1, -0.05) is 12.1 Å². The van der Waals surface area contributed by atoms with Gasteiger partial charge in [-0.2, -0.15) is 36.7 Å². The van der Waals surface area contributed by atoms with E-state index in [0.29, 0.717) is 11.8 Å². The molecular weight excluding hydrogens is 323 g/mol. The van der Waals surface area contributed by atoms with Crippen LogP contribution in [0, 0.1) is 0 Å². The van der Waals surface area contributed by atoms with Crippen LogP contribution >= 0.6 is 35.3 Å². The van der Waals surface area contributed by atoms with Gasteiger partial charge in [-0.05, 0) is 29.5 Å². The quantitative estimate of drug-likeness (QED) is 0.805. The summed E-state index contributed by atoms with van der Waals surface area (Å²) < 4.78 is 36.6. The maximum absolute atomic E-state index is 12.2. The van der Waals surface area contributed by atoms with Crippen LogP contribution < -0.4 is 5.32 Å². The van der Waals surface area contributed by atoms with Gasteiger partial charge in [0.1, 0.15) is 0 Å². The van der Waals surface area contributed by atoms with E-state index in [1.165, 1.54) is 29.4 Å². The molecule has 112 valence electrons. The van der Waals surface area contributed by atoms with Crippen molar-refractivity contribution >= 4 is 35.3 Å². The highest BCUT2D eigenvalue weighted by Crippen LogP contribution is 2.36. The van der Waals surface area contributed by atoms with Crippen molar-refractivity contribution < 1.29 is 13.2 Å². The monoisotopic (exact) mass is 339 g/mol. The molecule has 1 fully saturated rings. The standard InChI is InChI=1S/C13H16F3NS3/c14-13(15,16)20-11-3-1-10(2-4-11)7-17-8-12-9-18-5-6-19-12/h1-4,12,17H,5-9H2. The minimum absolute atomic E-state index is 0.0705. The molecule has 0 bridgehead atoms. The Morgan fingerprint density at radius 2 is 1.95 bits per heavy atom. The Morgan fingerprint density at radius 3 is 2.55 bits per heavy atom. The fraction of sp³-hybridized carbons (Fsp3) is 0.538. The zero-order valence-corrected chi connectivity index (χ0v) is 13.2. The van der Waals surface area contributed by atoms with E-state index in [1.807, 2.05) is 23.5 Å². The number of halogens is 3. The number of thioether (sulfide) groups is 3. The van der Waals surface area contributed by atoms with Gasteiger partial charge in [-0.3, -0.25) is 0 Å². The molecule has 1 aromatic carbocycles. The zero-order chi connectivity index (χ0) is 14.4. The summed E-state index contributed by atoms with van der Waals surface area (Å²) in [6.45, 7) is 1.66. The van der Waals surface area contributed by atoms with E-state index in [4.69, 9.17) is 0 Å². The van der Waals surface area contributed by atoms with Crippen molar-refractivity contribution in [1.82, 2.24) is 5.32 Å². The van der Waals surface area contributed by atoms with E-state index in [1.54, 1.807) is 12.1 Å². The lowest BCUT2D eigenvalue weighted by molar-refractivity contribution is -0.0328. The van der Waals surface area contributed by atoms with Crippen molar-refractivity contribution in [3.05, 3.63) is 29.8 Å². The summed E-state index contributed by atoms with van der Waals surface area (Å²) in [5.41, 5.74) is -3.19. The molecule has 1 heterocycles. The van der Waals surface area contributed by atoms with Crippen LogP contribution in [0.2, 0.25) is 0 Å². The molecule has 0 saturated carbocycles. The second-order valence-corrected chi connectivity index (χ2v) is 8.09. The van der Waals surface area contributed by atoms with Gasteiger partial charge in [-0.15, -0.1) is 0 Å². The van der Waals surface area contributed by atoms with Gasteiger partial charge in [0, 0.05) is 40.5 Å². The van der Waals surface area contributed by atoms with Gasteiger partial charge in [0.2, 0.25) is 0 Å². The topological polar surface area (TPSA) is 12.0 Å². The van der Waals surface area contributed by atoms with E-state index in [0.717, 1.165) is 12.1 Å². The molecule has 1 aliphatic heterocycles. The fourth-order valence-corrected chi connectivity index (χ4v) is 5.03. The summed E-state index contributed by atoms with van der Waals surface area (Å²) in [5.74, 6) is 3.62. The van der Waals surface area contributed by atoms with Gasteiger partial charge in [0.05, 0.1) is 0 Å². The predicted octanol–water partition coefficient (Wildman–Crippen LogP) is 4.24. The summed E-state index contributed by atoms with van der Waals surface area (Å²) >= 11 is 3.91. The van der Waals surface area contributed by atoms with Crippen molar-refractivity contribution in [2.24, 2.45) is 0 Å². The normalized spacial score (nSPS) is 20.1. The van der Waals surface area contributed by atoms with Crippen LogP contribution in [0.3, 0.4) is 0 Å². The Hall–Kier alpha value is 0.0200. The number of hydrogen-bond donors (Lipinski definition) is 1. The summed E-state index contributed by atoms with van der Waals surface area (Å²) in [4.78, 5) is 0.237. The highest BCUT2D eigenvalue weighted by atomic mass is 32.2. The minimum atomic E-state index is -4.21. The van der Waals surface area contributed by atoms with Crippen molar-refractivity contribution in [2.45, 2.75) is 22.2 Å². The first-order valence-electron chi connectivity index (χ1n) is 6.28. The van der Waals surface area contributed by atoms with E-state index in [2.05, 4.69) is 5.32 Å². The molecule has 7 heteroatoms. The number of rotatable bonds is 5. The molecule has 0 aliphatic carbocycles. The van der Waals surface area contributed by atoms with Crippen LogP contribution in [-0.4, -0.2) is 34.6 Å². The maximum atomic E-state index is 12.2. The van der Waals surface area contributed by atoms with Crippen molar-refractivity contribution in [3.8, 4) is 0 Å². The van der Waals surface area contributed by atoms with Gasteiger partial charge < -0.3 is 5.32 Å². The molecular formula is C13H16F3NS3. The third-order valence-electron chi connectivity index (χ3n) is 2.74. The Bertz CT molecular complexity index is 402. The highest BCUT2D eigenvalue weighted by molar-refractivity contribution is 8.06. The van der Waals surface area contributed by atoms with Crippen LogP contribution in [0.15, 0.2) is 29.2 Å². The van der Waals surface area contributed by atoms with Crippen LogP contribution in [0.4, 0.5) is 13.2 Å². The Balaban J connectivity index is 1.73. The SMILES string of the molecule is FC(F)(F)Sc1ccc(CNCC2CSCCS2)cc1. The van der Waals surface area contributed by atoms with Crippen molar-refractivity contribution in [3.63, 3.8) is 0 Å².